The summed E-state index contributed by atoms with van der Waals surface area (Å²) in [5.41, 5.74) is 7.58. The third-order valence-electron chi connectivity index (χ3n) is 2.36. The van der Waals surface area contributed by atoms with E-state index in [2.05, 4.69) is 0 Å². The van der Waals surface area contributed by atoms with Crippen LogP contribution in [-0.4, -0.2) is 25.3 Å². The van der Waals surface area contributed by atoms with Crippen molar-refractivity contribution in [2.75, 3.05) is 18.9 Å². The zero-order chi connectivity index (χ0) is 12.8. The maximum Gasteiger partial charge on any atom is 0.338 e. The molecule has 1 rings (SSSR count). The van der Waals surface area contributed by atoms with Gasteiger partial charge in [0.1, 0.15) is 6.61 Å². The van der Waals surface area contributed by atoms with Crippen molar-refractivity contribution in [2.45, 2.75) is 26.9 Å². The van der Waals surface area contributed by atoms with Gasteiger partial charge < -0.3 is 15.2 Å². The second-order valence-electron chi connectivity index (χ2n) is 4.08. The van der Waals surface area contributed by atoms with Gasteiger partial charge in [-0.2, -0.15) is 0 Å². The quantitative estimate of drug-likeness (QED) is 0.484. The molecular formula is C13H19NO3. The molecule has 0 aliphatic carbocycles. The van der Waals surface area contributed by atoms with Crippen LogP contribution >= 0.6 is 0 Å². The highest BCUT2D eigenvalue weighted by Crippen LogP contribution is 2.16. The number of nitrogens with two attached hydrogens (primary N) is 1. The maximum absolute atomic E-state index is 11.7. The number of carbonyl (C=O) groups is 1. The predicted octanol–water partition coefficient (Wildman–Crippen LogP) is 2.16. The predicted molar refractivity (Wildman–Crippen MR) is 67.0 cm³/mol. The number of esters is 1. The molecular weight excluding hydrogens is 218 g/mol. The van der Waals surface area contributed by atoms with Crippen LogP contribution in [0.3, 0.4) is 0 Å². The molecule has 0 saturated heterocycles. The number of benzene rings is 1. The zero-order valence-electron chi connectivity index (χ0n) is 10.5. The molecule has 0 atom stereocenters. The molecule has 0 aromatic heterocycles. The summed E-state index contributed by atoms with van der Waals surface area (Å²) < 4.78 is 10.4. The molecule has 0 heterocycles. The maximum atomic E-state index is 11.7. The molecule has 0 fully saturated rings. The van der Waals surface area contributed by atoms with Crippen molar-refractivity contribution in [1.82, 2.24) is 0 Å². The number of ether oxygens (including phenoxy) is 2. The number of rotatable bonds is 5. The highest BCUT2D eigenvalue weighted by molar-refractivity contribution is 5.92. The minimum Gasteiger partial charge on any atom is -0.460 e. The van der Waals surface area contributed by atoms with Crippen molar-refractivity contribution in [3.63, 3.8) is 0 Å². The Kier molecular flexibility index (Phi) is 4.97. The van der Waals surface area contributed by atoms with Crippen molar-refractivity contribution in [1.29, 1.82) is 0 Å². The molecule has 4 heteroatoms. The molecule has 17 heavy (non-hydrogen) atoms. The number of hydrogen-bond acceptors (Lipinski definition) is 4. The van der Waals surface area contributed by atoms with E-state index in [0.717, 1.165) is 5.56 Å². The van der Waals surface area contributed by atoms with E-state index < -0.39 is 0 Å². The summed E-state index contributed by atoms with van der Waals surface area (Å²) in [6.07, 6.45) is 0.141. The van der Waals surface area contributed by atoms with E-state index >= 15 is 0 Å². The van der Waals surface area contributed by atoms with Crippen LogP contribution in [0.15, 0.2) is 18.2 Å². The zero-order valence-corrected chi connectivity index (χ0v) is 10.5. The lowest BCUT2D eigenvalue weighted by Gasteiger charge is -2.10. The first-order chi connectivity index (χ1) is 8.02. The first kappa shape index (κ1) is 13.5. The summed E-state index contributed by atoms with van der Waals surface area (Å²) in [5.74, 6) is -0.359. The van der Waals surface area contributed by atoms with Gasteiger partial charge in [-0.15, -0.1) is 0 Å². The molecule has 4 nitrogen and oxygen atoms in total. The van der Waals surface area contributed by atoms with Gasteiger partial charge in [0.2, 0.25) is 0 Å². The van der Waals surface area contributed by atoms with E-state index in [1.807, 2.05) is 13.8 Å². The molecule has 1 aromatic rings. The van der Waals surface area contributed by atoms with Gasteiger partial charge in [-0.25, -0.2) is 4.79 Å². The Balaban J connectivity index is 2.50. The normalized spacial score (nSPS) is 10.6. The van der Waals surface area contributed by atoms with Crippen LogP contribution in [-0.2, 0) is 9.47 Å². The molecule has 0 saturated carbocycles. The Hall–Kier alpha value is -1.55. The molecule has 0 radical (unpaired) electrons. The van der Waals surface area contributed by atoms with E-state index in [1.54, 1.807) is 25.1 Å². The fraction of sp³-hybridized carbons (Fsp3) is 0.462. The van der Waals surface area contributed by atoms with Crippen LogP contribution in [0.4, 0.5) is 5.69 Å². The van der Waals surface area contributed by atoms with Gasteiger partial charge in [-0.1, -0.05) is 6.07 Å². The summed E-state index contributed by atoms with van der Waals surface area (Å²) in [4.78, 5) is 11.7. The van der Waals surface area contributed by atoms with Gasteiger partial charge >= 0.3 is 5.97 Å². The highest BCUT2D eigenvalue weighted by Gasteiger charge is 2.11. The Labute approximate surface area is 102 Å². The van der Waals surface area contributed by atoms with E-state index in [4.69, 9.17) is 15.2 Å². The van der Waals surface area contributed by atoms with Crippen LogP contribution in [0.5, 0.6) is 0 Å². The molecule has 0 spiro atoms. The lowest BCUT2D eigenvalue weighted by molar-refractivity contribution is 0.0176. The van der Waals surface area contributed by atoms with Crippen LogP contribution in [0.2, 0.25) is 0 Å². The molecule has 0 amide bonds. The summed E-state index contributed by atoms with van der Waals surface area (Å²) in [5, 5.41) is 0. The molecule has 94 valence electrons. The summed E-state index contributed by atoms with van der Waals surface area (Å²) in [7, 11) is 0. The van der Waals surface area contributed by atoms with Crippen LogP contribution in [0.1, 0.15) is 29.8 Å². The van der Waals surface area contributed by atoms with Crippen molar-refractivity contribution < 1.29 is 14.3 Å². The molecule has 2 N–H and O–H groups in total. The van der Waals surface area contributed by atoms with Gasteiger partial charge in [0.15, 0.2) is 0 Å². The van der Waals surface area contributed by atoms with E-state index in [-0.39, 0.29) is 18.7 Å². The minimum atomic E-state index is -0.359. The second-order valence-corrected chi connectivity index (χ2v) is 4.08. The van der Waals surface area contributed by atoms with Gasteiger partial charge in [0.05, 0.1) is 18.3 Å². The first-order valence-corrected chi connectivity index (χ1v) is 5.66. The third-order valence-corrected chi connectivity index (χ3v) is 2.36. The summed E-state index contributed by atoms with van der Waals surface area (Å²) in [6, 6.07) is 5.20. The van der Waals surface area contributed by atoms with Crippen LogP contribution in [0, 0.1) is 6.92 Å². The fourth-order valence-electron chi connectivity index (χ4n) is 1.37. The fourth-order valence-corrected chi connectivity index (χ4v) is 1.37. The smallest absolute Gasteiger partial charge is 0.338 e. The van der Waals surface area contributed by atoms with Gasteiger partial charge in [0, 0.05) is 5.69 Å². The van der Waals surface area contributed by atoms with Crippen molar-refractivity contribution in [3.8, 4) is 0 Å². The SMILES string of the molecule is Cc1c(N)cccc1C(=O)OCCOC(C)C. The van der Waals surface area contributed by atoms with Crippen molar-refractivity contribution in [2.24, 2.45) is 0 Å². The number of carbonyl (C=O) groups excluding carboxylic acids is 1. The second kappa shape index (κ2) is 6.25. The molecule has 0 unspecified atom stereocenters. The minimum absolute atomic E-state index is 0.141. The average molecular weight is 237 g/mol. The van der Waals surface area contributed by atoms with Gasteiger partial charge in [-0.3, -0.25) is 0 Å². The number of hydrogen-bond donors (Lipinski definition) is 1. The van der Waals surface area contributed by atoms with E-state index in [9.17, 15) is 4.79 Å². The number of nitrogen functional groups attached to an aromatic ring is 1. The Morgan fingerprint density at radius 2 is 2.06 bits per heavy atom. The molecule has 0 bridgehead atoms. The van der Waals surface area contributed by atoms with E-state index in [1.165, 1.54) is 0 Å². The molecule has 1 aromatic carbocycles. The third kappa shape index (κ3) is 4.07. The summed E-state index contributed by atoms with van der Waals surface area (Å²) in [6.45, 7) is 6.33. The monoisotopic (exact) mass is 237 g/mol. The van der Waals surface area contributed by atoms with Gasteiger partial charge in [0.25, 0.3) is 0 Å². The number of anilines is 1. The van der Waals surface area contributed by atoms with Crippen molar-refractivity contribution >= 4 is 11.7 Å². The van der Waals surface area contributed by atoms with E-state index in [0.29, 0.717) is 17.9 Å². The summed E-state index contributed by atoms with van der Waals surface area (Å²) >= 11 is 0. The van der Waals surface area contributed by atoms with Gasteiger partial charge in [-0.05, 0) is 38.5 Å². The largest absolute Gasteiger partial charge is 0.460 e. The Bertz CT molecular complexity index is 388. The highest BCUT2D eigenvalue weighted by atomic mass is 16.6. The van der Waals surface area contributed by atoms with Crippen LogP contribution < -0.4 is 5.73 Å². The standard InChI is InChI=1S/C13H19NO3/c1-9(2)16-7-8-17-13(15)11-5-4-6-12(14)10(11)3/h4-6,9H,7-8,14H2,1-3H3. The van der Waals surface area contributed by atoms with Crippen LogP contribution in [0.25, 0.3) is 0 Å². The van der Waals surface area contributed by atoms with Crippen molar-refractivity contribution in [3.05, 3.63) is 29.3 Å². The Morgan fingerprint density at radius 3 is 2.71 bits per heavy atom. The molecule has 0 aliphatic heterocycles. The Morgan fingerprint density at radius 1 is 1.35 bits per heavy atom. The lowest BCUT2D eigenvalue weighted by atomic mass is 10.1. The average Bonchev–Trinajstić information content (AvgIpc) is 2.27. The lowest BCUT2D eigenvalue weighted by Crippen LogP contribution is -2.14. The molecule has 0 aliphatic rings. The topological polar surface area (TPSA) is 61.6 Å². The first-order valence-electron chi connectivity index (χ1n) is 5.66.